The van der Waals surface area contributed by atoms with Crippen LogP contribution in [0.25, 0.3) is 11.0 Å². The Morgan fingerprint density at radius 3 is 2.52 bits per heavy atom. The summed E-state index contributed by atoms with van der Waals surface area (Å²) in [6, 6.07) is 0. The molecule has 1 fully saturated rings. The maximum atomic E-state index is 12.8. The molecule has 1 aliphatic carbocycles. The Kier molecular flexibility index (Phi) is 5.69. The van der Waals surface area contributed by atoms with E-state index in [0.717, 1.165) is 30.3 Å². The second kappa shape index (κ2) is 7.84. The van der Waals surface area contributed by atoms with Crippen molar-refractivity contribution >= 4 is 28.8 Å². The van der Waals surface area contributed by atoms with Crippen molar-refractivity contribution in [2.45, 2.75) is 55.7 Å². The number of fused-ring (bicyclic) bond motifs is 1. The van der Waals surface area contributed by atoms with Gasteiger partial charge in [0.15, 0.2) is 5.65 Å². The molecule has 3 rings (SSSR count). The fourth-order valence-electron chi connectivity index (χ4n) is 3.37. The molecule has 0 radical (unpaired) electrons. The van der Waals surface area contributed by atoms with E-state index in [4.69, 9.17) is 4.74 Å². The lowest BCUT2D eigenvalue weighted by atomic mass is 10.1. The second-order valence-corrected chi connectivity index (χ2v) is 8.11. The van der Waals surface area contributed by atoms with Crippen molar-refractivity contribution in [2.24, 2.45) is 14.1 Å². The van der Waals surface area contributed by atoms with Gasteiger partial charge in [-0.3, -0.25) is 18.7 Å². The van der Waals surface area contributed by atoms with Crippen LogP contribution in [0, 0.1) is 0 Å². The molecular formula is C18H24N4O4S. The van der Waals surface area contributed by atoms with E-state index in [-0.39, 0.29) is 23.9 Å². The van der Waals surface area contributed by atoms with Gasteiger partial charge in [-0.2, -0.15) is 0 Å². The zero-order valence-corrected chi connectivity index (χ0v) is 16.8. The predicted molar refractivity (Wildman–Crippen MR) is 103 cm³/mol. The summed E-state index contributed by atoms with van der Waals surface area (Å²) in [7, 11) is 3.02. The lowest BCUT2D eigenvalue weighted by Crippen LogP contribution is -2.38. The van der Waals surface area contributed by atoms with E-state index in [2.05, 4.69) is 9.97 Å². The summed E-state index contributed by atoms with van der Waals surface area (Å²) in [5, 5.41) is 0.169. The van der Waals surface area contributed by atoms with Gasteiger partial charge in [-0.25, -0.2) is 14.8 Å². The summed E-state index contributed by atoms with van der Waals surface area (Å²) in [4.78, 5) is 46.4. The van der Waals surface area contributed by atoms with Crippen LogP contribution in [-0.2, 0) is 23.6 Å². The molecule has 0 saturated heterocycles. The second-order valence-electron chi connectivity index (χ2n) is 6.78. The first-order valence-electron chi connectivity index (χ1n) is 9.16. The molecule has 2 heterocycles. The first kappa shape index (κ1) is 19.6. The Bertz CT molecular complexity index is 991. The minimum Gasteiger partial charge on any atom is -0.465 e. The van der Waals surface area contributed by atoms with Crippen LogP contribution in [0.5, 0.6) is 0 Å². The molecule has 0 spiro atoms. The molecular weight excluding hydrogens is 368 g/mol. The number of hydrogen-bond donors (Lipinski definition) is 0. The Balaban J connectivity index is 2.20. The molecule has 146 valence electrons. The highest BCUT2D eigenvalue weighted by molar-refractivity contribution is 8.00. The van der Waals surface area contributed by atoms with Crippen LogP contribution in [0.2, 0.25) is 0 Å². The number of aromatic nitrogens is 4. The molecule has 2 aromatic heterocycles. The van der Waals surface area contributed by atoms with E-state index in [1.165, 1.54) is 23.4 Å². The van der Waals surface area contributed by atoms with Gasteiger partial charge in [-0.15, -0.1) is 0 Å². The molecule has 1 aliphatic rings. The SMILES string of the molecule is CCOC(=O)[C@@H](C)Sc1nc(C2CCCC2)nc2c1c(=O)n(C)c(=O)n2C. The third kappa shape index (κ3) is 3.65. The summed E-state index contributed by atoms with van der Waals surface area (Å²) in [5.74, 6) is 0.492. The summed E-state index contributed by atoms with van der Waals surface area (Å²) in [6.07, 6.45) is 4.20. The largest absolute Gasteiger partial charge is 0.465 e. The number of hydrogen-bond acceptors (Lipinski definition) is 7. The van der Waals surface area contributed by atoms with Gasteiger partial charge in [-0.05, 0) is 26.7 Å². The highest BCUT2D eigenvalue weighted by Gasteiger charge is 2.26. The Morgan fingerprint density at radius 2 is 1.89 bits per heavy atom. The van der Waals surface area contributed by atoms with E-state index in [1.54, 1.807) is 20.9 Å². The molecule has 1 saturated carbocycles. The van der Waals surface area contributed by atoms with Crippen molar-refractivity contribution in [1.82, 2.24) is 19.1 Å². The molecule has 0 amide bonds. The quantitative estimate of drug-likeness (QED) is 0.434. The molecule has 1 atom stereocenters. The lowest BCUT2D eigenvalue weighted by Gasteiger charge is -2.16. The normalized spacial score (nSPS) is 16.0. The predicted octanol–water partition coefficient (Wildman–Crippen LogP) is 1.73. The monoisotopic (exact) mass is 392 g/mol. The van der Waals surface area contributed by atoms with Gasteiger partial charge in [0.1, 0.15) is 21.5 Å². The zero-order chi connectivity index (χ0) is 19.7. The van der Waals surface area contributed by atoms with Gasteiger partial charge >= 0.3 is 11.7 Å². The van der Waals surface area contributed by atoms with Gasteiger partial charge in [0.2, 0.25) is 0 Å². The summed E-state index contributed by atoms with van der Waals surface area (Å²) < 4.78 is 7.49. The van der Waals surface area contributed by atoms with Crippen LogP contribution in [0.15, 0.2) is 14.6 Å². The number of carbonyl (C=O) groups excluding carboxylic acids is 1. The third-order valence-electron chi connectivity index (χ3n) is 4.91. The maximum Gasteiger partial charge on any atom is 0.332 e. The summed E-state index contributed by atoms with van der Waals surface area (Å²) in [5.41, 5.74) is -0.568. The first-order chi connectivity index (χ1) is 12.8. The van der Waals surface area contributed by atoms with Gasteiger partial charge in [0.05, 0.1) is 6.61 Å². The number of aryl methyl sites for hydroxylation is 1. The average molecular weight is 392 g/mol. The molecule has 0 aromatic carbocycles. The van der Waals surface area contributed by atoms with Crippen molar-refractivity contribution < 1.29 is 9.53 Å². The van der Waals surface area contributed by atoms with Crippen LogP contribution in [0.1, 0.15) is 51.3 Å². The van der Waals surface area contributed by atoms with Crippen molar-refractivity contribution in [3.8, 4) is 0 Å². The molecule has 8 nitrogen and oxygen atoms in total. The summed E-state index contributed by atoms with van der Waals surface area (Å²) in [6.45, 7) is 3.76. The first-order valence-corrected chi connectivity index (χ1v) is 10.0. The van der Waals surface area contributed by atoms with Crippen LogP contribution in [0.3, 0.4) is 0 Å². The maximum absolute atomic E-state index is 12.8. The zero-order valence-electron chi connectivity index (χ0n) is 16.0. The molecule has 27 heavy (non-hydrogen) atoms. The fraction of sp³-hybridized carbons (Fsp3) is 0.611. The molecule has 0 bridgehead atoms. The highest BCUT2D eigenvalue weighted by atomic mass is 32.2. The molecule has 0 aliphatic heterocycles. The minimum absolute atomic E-state index is 0.214. The van der Waals surface area contributed by atoms with E-state index >= 15 is 0 Å². The number of nitrogens with zero attached hydrogens (tertiary/aromatic N) is 4. The number of ether oxygens (including phenoxy) is 1. The lowest BCUT2D eigenvalue weighted by molar-refractivity contribution is -0.142. The van der Waals surface area contributed by atoms with Crippen molar-refractivity contribution in [2.75, 3.05) is 6.61 Å². The Hall–Kier alpha value is -2.16. The van der Waals surface area contributed by atoms with Crippen LogP contribution >= 0.6 is 11.8 Å². The molecule has 0 N–H and O–H groups in total. The van der Waals surface area contributed by atoms with E-state index in [9.17, 15) is 14.4 Å². The van der Waals surface area contributed by atoms with Crippen molar-refractivity contribution in [3.05, 3.63) is 26.7 Å². The van der Waals surface area contributed by atoms with Gasteiger partial charge in [0.25, 0.3) is 5.56 Å². The molecule has 2 aromatic rings. The average Bonchev–Trinajstić information content (AvgIpc) is 3.19. The topological polar surface area (TPSA) is 96.1 Å². The number of esters is 1. The fourth-order valence-corrected chi connectivity index (χ4v) is 4.31. The Morgan fingerprint density at radius 1 is 1.22 bits per heavy atom. The van der Waals surface area contributed by atoms with E-state index in [1.807, 2.05) is 0 Å². The number of rotatable bonds is 5. The Labute approximate surface area is 161 Å². The summed E-state index contributed by atoms with van der Waals surface area (Å²) >= 11 is 1.18. The van der Waals surface area contributed by atoms with Crippen LogP contribution < -0.4 is 11.2 Å². The molecule has 0 unspecified atom stereocenters. The van der Waals surface area contributed by atoms with E-state index in [0.29, 0.717) is 16.5 Å². The minimum atomic E-state index is -0.526. The number of thioether (sulfide) groups is 1. The third-order valence-corrected chi connectivity index (χ3v) is 5.98. The van der Waals surface area contributed by atoms with Gasteiger partial charge < -0.3 is 4.74 Å². The van der Waals surface area contributed by atoms with Crippen molar-refractivity contribution in [3.63, 3.8) is 0 Å². The van der Waals surface area contributed by atoms with Gasteiger partial charge in [-0.1, -0.05) is 24.6 Å². The van der Waals surface area contributed by atoms with Gasteiger partial charge in [0, 0.05) is 20.0 Å². The molecule has 9 heteroatoms. The van der Waals surface area contributed by atoms with Crippen LogP contribution in [0.4, 0.5) is 0 Å². The van der Waals surface area contributed by atoms with E-state index < -0.39 is 16.5 Å². The standard InChI is InChI=1S/C18H24N4O4S/c1-5-26-17(24)10(2)27-15-12-14(21(3)18(25)22(4)16(12)23)19-13(20-15)11-8-6-7-9-11/h10-11H,5-9H2,1-4H3/t10-/m1/s1. The van der Waals surface area contributed by atoms with Crippen LogP contribution in [-0.4, -0.2) is 36.9 Å². The smallest absolute Gasteiger partial charge is 0.332 e. The number of carbonyl (C=O) groups is 1. The van der Waals surface area contributed by atoms with Crippen molar-refractivity contribution in [1.29, 1.82) is 0 Å². The highest BCUT2D eigenvalue weighted by Crippen LogP contribution is 2.35.